The topological polar surface area (TPSA) is 9.23 Å². The van der Waals surface area contributed by atoms with Crippen LogP contribution in [0.4, 0.5) is 0 Å². The summed E-state index contributed by atoms with van der Waals surface area (Å²) in [4.78, 5) is 0. The van der Waals surface area contributed by atoms with Crippen molar-refractivity contribution in [2.75, 3.05) is 0 Å². The Balaban J connectivity index is 1.97. The van der Waals surface area contributed by atoms with Gasteiger partial charge in [-0.1, -0.05) is 12.8 Å². The maximum atomic E-state index is 5.67. The van der Waals surface area contributed by atoms with Gasteiger partial charge in [0.25, 0.3) is 0 Å². The molecule has 1 heterocycles. The molecule has 0 bridgehead atoms. The van der Waals surface area contributed by atoms with Crippen LogP contribution in [0.3, 0.4) is 0 Å². The van der Waals surface area contributed by atoms with Crippen LogP contribution >= 0.6 is 0 Å². The highest BCUT2D eigenvalue weighted by atomic mass is 16.5. The summed E-state index contributed by atoms with van der Waals surface area (Å²) in [6.07, 6.45) is 6.94. The fourth-order valence-corrected chi connectivity index (χ4v) is 2.20. The lowest BCUT2D eigenvalue weighted by atomic mass is 9.83. The normalized spacial score (nSPS) is 47.0. The van der Waals surface area contributed by atoms with E-state index in [0.717, 1.165) is 12.3 Å². The lowest BCUT2D eigenvalue weighted by molar-refractivity contribution is 0.0505. The molecule has 0 amide bonds. The molecule has 1 saturated heterocycles. The molecular formula is C8H13BO. The standard InChI is InChI=1S/C8H13BO/c9-8-5-6-3-1-2-4-7(6)10-8/h6-8H,1-5H2. The third-order valence-electron chi connectivity index (χ3n) is 2.72. The van der Waals surface area contributed by atoms with Crippen molar-refractivity contribution in [3.63, 3.8) is 0 Å². The molecule has 1 aliphatic carbocycles. The molecule has 54 valence electrons. The summed E-state index contributed by atoms with van der Waals surface area (Å²) in [6.45, 7) is 0. The molecule has 0 aromatic carbocycles. The molecular weight excluding hydrogens is 123 g/mol. The van der Waals surface area contributed by atoms with Gasteiger partial charge in [-0.2, -0.15) is 0 Å². The van der Waals surface area contributed by atoms with E-state index in [4.69, 9.17) is 12.6 Å². The summed E-state index contributed by atoms with van der Waals surface area (Å²) < 4.78 is 5.54. The Labute approximate surface area is 63.5 Å². The molecule has 0 spiro atoms. The zero-order valence-corrected chi connectivity index (χ0v) is 6.25. The maximum Gasteiger partial charge on any atom is 0.109 e. The molecule has 3 unspecified atom stereocenters. The van der Waals surface area contributed by atoms with Gasteiger partial charge in [0.05, 0.1) is 6.10 Å². The molecule has 2 aliphatic rings. The third-order valence-corrected chi connectivity index (χ3v) is 2.72. The molecule has 2 radical (unpaired) electrons. The Morgan fingerprint density at radius 2 is 2.00 bits per heavy atom. The molecule has 0 N–H and O–H groups in total. The number of hydrogen-bond donors (Lipinski definition) is 0. The van der Waals surface area contributed by atoms with Gasteiger partial charge in [-0.25, -0.2) is 0 Å². The van der Waals surface area contributed by atoms with Crippen LogP contribution < -0.4 is 0 Å². The van der Waals surface area contributed by atoms with Crippen molar-refractivity contribution in [1.82, 2.24) is 0 Å². The van der Waals surface area contributed by atoms with E-state index >= 15 is 0 Å². The quantitative estimate of drug-likeness (QED) is 0.458. The largest absolute Gasteiger partial charge is 0.384 e. The first-order chi connectivity index (χ1) is 4.86. The van der Waals surface area contributed by atoms with Gasteiger partial charge < -0.3 is 4.74 Å². The van der Waals surface area contributed by atoms with Gasteiger partial charge in [-0.3, -0.25) is 0 Å². The Morgan fingerprint density at radius 3 is 2.80 bits per heavy atom. The minimum atomic E-state index is 0.0492. The molecule has 1 nitrogen and oxygen atoms in total. The van der Waals surface area contributed by atoms with Crippen molar-refractivity contribution < 1.29 is 4.74 Å². The van der Waals surface area contributed by atoms with Crippen LogP contribution in [0, 0.1) is 5.92 Å². The highest BCUT2D eigenvalue weighted by Crippen LogP contribution is 2.36. The summed E-state index contributed by atoms with van der Waals surface area (Å²) in [5.41, 5.74) is 0. The SMILES string of the molecule is [B]C1CC2CCCCC2O1. The van der Waals surface area contributed by atoms with E-state index in [1.807, 2.05) is 0 Å². The predicted molar refractivity (Wildman–Crippen MR) is 41.0 cm³/mol. The average Bonchev–Trinajstić information content (AvgIpc) is 2.27. The fraction of sp³-hybridized carbons (Fsp3) is 1.00. The van der Waals surface area contributed by atoms with Crippen LogP contribution in [-0.4, -0.2) is 20.0 Å². The lowest BCUT2D eigenvalue weighted by Gasteiger charge is -2.23. The molecule has 10 heavy (non-hydrogen) atoms. The van der Waals surface area contributed by atoms with E-state index in [-0.39, 0.29) is 6.00 Å². The zero-order valence-electron chi connectivity index (χ0n) is 6.25. The van der Waals surface area contributed by atoms with Gasteiger partial charge in [0.1, 0.15) is 7.85 Å². The first-order valence-corrected chi connectivity index (χ1v) is 4.27. The Kier molecular flexibility index (Phi) is 1.73. The van der Waals surface area contributed by atoms with Crippen LogP contribution in [0.5, 0.6) is 0 Å². The predicted octanol–water partition coefficient (Wildman–Crippen LogP) is 1.46. The molecule has 0 aromatic heterocycles. The molecule has 1 saturated carbocycles. The monoisotopic (exact) mass is 136 g/mol. The van der Waals surface area contributed by atoms with E-state index in [1.54, 1.807) is 0 Å². The Bertz CT molecular complexity index is 112. The summed E-state index contributed by atoms with van der Waals surface area (Å²) >= 11 is 0. The van der Waals surface area contributed by atoms with E-state index in [1.165, 1.54) is 25.7 Å². The maximum absolute atomic E-state index is 5.67. The second-order valence-electron chi connectivity index (χ2n) is 3.49. The molecule has 2 heteroatoms. The van der Waals surface area contributed by atoms with E-state index in [9.17, 15) is 0 Å². The van der Waals surface area contributed by atoms with Gasteiger partial charge in [0.2, 0.25) is 0 Å². The second kappa shape index (κ2) is 2.57. The highest BCUT2D eigenvalue weighted by molar-refractivity contribution is 6.11. The molecule has 3 atom stereocenters. The smallest absolute Gasteiger partial charge is 0.109 e. The van der Waals surface area contributed by atoms with Crippen LogP contribution in [0.25, 0.3) is 0 Å². The summed E-state index contributed by atoms with van der Waals surface area (Å²) in [5.74, 6) is 0.795. The molecule has 1 aliphatic heterocycles. The van der Waals surface area contributed by atoms with Crippen molar-refractivity contribution >= 4 is 7.85 Å². The zero-order chi connectivity index (χ0) is 6.97. The lowest BCUT2D eigenvalue weighted by Crippen LogP contribution is -2.20. The van der Waals surface area contributed by atoms with Crippen LogP contribution in [0.15, 0.2) is 0 Å². The highest BCUT2D eigenvalue weighted by Gasteiger charge is 2.33. The third kappa shape index (κ3) is 1.09. The number of hydrogen-bond acceptors (Lipinski definition) is 1. The Morgan fingerprint density at radius 1 is 1.20 bits per heavy atom. The van der Waals surface area contributed by atoms with Crippen molar-refractivity contribution in [2.45, 2.75) is 44.2 Å². The van der Waals surface area contributed by atoms with Crippen molar-refractivity contribution in [2.24, 2.45) is 5.92 Å². The fourth-order valence-electron chi connectivity index (χ4n) is 2.20. The van der Waals surface area contributed by atoms with Crippen molar-refractivity contribution in [3.8, 4) is 0 Å². The van der Waals surface area contributed by atoms with Crippen LogP contribution in [0.2, 0.25) is 0 Å². The van der Waals surface area contributed by atoms with Crippen LogP contribution in [0.1, 0.15) is 32.1 Å². The van der Waals surface area contributed by atoms with Gasteiger partial charge in [0, 0.05) is 6.00 Å². The minimum Gasteiger partial charge on any atom is -0.384 e. The summed E-state index contributed by atoms with van der Waals surface area (Å²) in [5, 5.41) is 0. The molecule has 2 rings (SSSR count). The van der Waals surface area contributed by atoms with Crippen molar-refractivity contribution in [3.05, 3.63) is 0 Å². The molecule has 2 fully saturated rings. The van der Waals surface area contributed by atoms with Gasteiger partial charge in [0.15, 0.2) is 0 Å². The van der Waals surface area contributed by atoms with Gasteiger partial charge >= 0.3 is 0 Å². The van der Waals surface area contributed by atoms with Gasteiger partial charge in [-0.15, -0.1) is 0 Å². The molecule has 0 aromatic rings. The summed E-state index contributed by atoms with van der Waals surface area (Å²) in [6, 6.07) is 0.0492. The first-order valence-electron chi connectivity index (χ1n) is 4.27. The Hall–Kier alpha value is 0.0249. The number of rotatable bonds is 0. The van der Waals surface area contributed by atoms with Crippen molar-refractivity contribution in [1.29, 1.82) is 0 Å². The average molecular weight is 136 g/mol. The number of ether oxygens (including phenoxy) is 1. The summed E-state index contributed by atoms with van der Waals surface area (Å²) in [7, 11) is 5.67. The van der Waals surface area contributed by atoms with E-state index in [2.05, 4.69) is 0 Å². The van der Waals surface area contributed by atoms with Crippen LogP contribution in [-0.2, 0) is 4.74 Å². The van der Waals surface area contributed by atoms with E-state index in [0.29, 0.717) is 6.10 Å². The van der Waals surface area contributed by atoms with E-state index < -0.39 is 0 Å². The number of fused-ring (bicyclic) bond motifs is 1. The first kappa shape index (κ1) is 6.72. The minimum absolute atomic E-state index is 0.0492. The second-order valence-corrected chi connectivity index (χ2v) is 3.49. The van der Waals surface area contributed by atoms with Gasteiger partial charge in [-0.05, 0) is 25.2 Å².